The molecule has 0 bridgehead atoms. The zero-order valence-corrected chi connectivity index (χ0v) is 10.2. The van der Waals surface area contributed by atoms with Crippen molar-refractivity contribution >= 4 is 11.8 Å². The molecule has 0 aromatic carbocycles. The molecule has 0 saturated heterocycles. The average Bonchev–Trinajstić information content (AvgIpc) is 2.23. The lowest BCUT2D eigenvalue weighted by Gasteiger charge is -2.27. The van der Waals surface area contributed by atoms with E-state index >= 15 is 0 Å². The number of hydrogen-bond donors (Lipinski definition) is 2. The van der Waals surface area contributed by atoms with Crippen molar-refractivity contribution in [1.82, 2.24) is 4.98 Å². The normalized spacial score (nSPS) is 15.7. The lowest BCUT2D eigenvalue weighted by Crippen LogP contribution is -2.27. The summed E-state index contributed by atoms with van der Waals surface area (Å²) in [6.07, 6.45) is 3.54. The number of aromatic carboxylic acids is 1. The van der Waals surface area contributed by atoms with Gasteiger partial charge in [-0.25, -0.2) is 9.78 Å². The molecule has 1 heterocycles. The summed E-state index contributed by atoms with van der Waals surface area (Å²) in [5, 5.41) is 12.4. The van der Waals surface area contributed by atoms with Crippen molar-refractivity contribution in [3.63, 3.8) is 0 Å². The van der Waals surface area contributed by atoms with Crippen LogP contribution in [0.5, 0.6) is 0 Å². The Morgan fingerprint density at radius 1 is 1.47 bits per heavy atom. The van der Waals surface area contributed by atoms with E-state index in [0.717, 1.165) is 18.5 Å². The Kier molecular flexibility index (Phi) is 3.31. The molecular weight excluding hydrogens is 216 g/mol. The number of carboxylic acid groups (broad SMARTS) is 1. The van der Waals surface area contributed by atoms with Gasteiger partial charge in [-0.3, -0.25) is 0 Å². The van der Waals surface area contributed by atoms with E-state index in [1.807, 2.05) is 13.8 Å². The number of rotatable bonds is 4. The summed E-state index contributed by atoms with van der Waals surface area (Å²) < 4.78 is 0. The molecule has 0 atom stereocenters. The second-order valence-electron chi connectivity index (χ2n) is 4.90. The fourth-order valence-electron chi connectivity index (χ4n) is 1.81. The Morgan fingerprint density at radius 3 is 2.65 bits per heavy atom. The summed E-state index contributed by atoms with van der Waals surface area (Å²) in [7, 11) is 0. The number of hydrogen-bond acceptors (Lipinski definition) is 3. The molecular formula is C13H18N2O2. The molecule has 17 heavy (non-hydrogen) atoms. The van der Waals surface area contributed by atoms with Crippen molar-refractivity contribution in [1.29, 1.82) is 0 Å². The topological polar surface area (TPSA) is 62.2 Å². The summed E-state index contributed by atoms with van der Waals surface area (Å²) >= 11 is 0. The molecule has 4 nitrogen and oxygen atoms in total. The van der Waals surface area contributed by atoms with E-state index in [1.54, 1.807) is 12.1 Å². The fraction of sp³-hybridized carbons (Fsp3) is 0.538. The van der Waals surface area contributed by atoms with Gasteiger partial charge in [0.05, 0.1) is 5.56 Å². The summed E-state index contributed by atoms with van der Waals surface area (Å²) in [5.41, 5.74) is 1.14. The minimum Gasteiger partial charge on any atom is -0.478 e. The number of nitrogens with one attached hydrogen (secondary N) is 1. The van der Waals surface area contributed by atoms with Crippen LogP contribution in [-0.2, 0) is 0 Å². The second-order valence-corrected chi connectivity index (χ2v) is 4.90. The van der Waals surface area contributed by atoms with E-state index in [4.69, 9.17) is 5.11 Å². The van der Waals surface area contributed by atoms with Crippen LogP contribution < -0.4 is 5.32 Å². The molecule has 4 heteroatoms. The Hall–Kier alpha value is -1.58. The molecule has 1 fully saturated rings. The molecule has 1 aliphatic carbocycles. The van der Waals surface area contributed by atoms with Crippen LogP contribution in [0.1, 0.15) is 55.1 Å². The van der Waals surface area contributed by atoms with Gasteiger partial charge in [0.25, 0.3) is 0 Å². The van der Waals surface area contributed by atoms with Gasteiger partial charge in [-0.15, -0.1) is 0 Å². The SMILES string of the molecule is CC(C)c1cc(C(=O)O)cc(NC2CCC2)n1. The maximum Gasteiger partial charge on any atom is 0.335 e. The molecule has 2 rings (SSSR count). The van der Waals surface area contributed by atoms with Crippen molar-refractivity contribution in [2.75, 3.05) is 5.32 Å². The minimum atomic E-state index is -0.897. The number of pyridine rings is 1. The summed E-state index contributed by atoms with van der Waals surface area (Å²) in [4.78, 5) is 15.5. The highest BCUT2D eigenvalue weighted by atomic mass is 16.4. The number of carbonyl (C=O) groups is 1. The largest absolute Gasteiger partial charge is 0.478 e. The third-order valence-electron chi connectivity index (χ3n) is 3.14. The highest BCUT2D eigenvalue weighted by Crippen LogP contribution is 2.24. The quantitative estimate of drug-likeness (QED) is 0.840. The monoisotopic (exact) mass is 234 g/mol. The van der Waals surface area contributed by atoms with Crippen molar-refractivity contribution in [3.8, 4) is 0 Å². The first-order valence-electron chi connectivity index (χ1n) is 6.08. The number of aromatic nitrogens is 1. The zero-order valence-electron chi connectivity index (χ0n) is 10.2. The van der Waals surface area contributed by atoms with E-state index < -0.39 is 5.97 Å². The smallest absolute Gasteiger partial charge is 0.335 e. The predicted octanol–water partition coefficient (Wildman–Crippen LogP) is 2.87. The predicted molar refractivity (Wildman–Crippen MR) is 66.5 cm³/mol. The standard InChI is InChI=1S/C13H18N2O2/c1-8(2)11-6-9(13(16)17)7-12(15-11)14-10-4-3-5-10/h6-8,10H,3-5H2,1-2H3,(H,14,15)(H,16,17). The molecule has 0 aliphatic heterocycles. The van der Waals surface area contributed by atoms with Crippen molar-refractivity contribution in [3.05, 3.63) is 23.4 Å². The van der Waals surface area contributed by atoms with Crippen molar-refractivity contribution < 1.29 is 9.90 Å². The molecule has 0 unspecified atom stereocenters. The molecule has 1 aromatic rings. The van der Waals surface area contributed by atoms with Crippen LogP contribution >= 0.6 is 0 Å². The maximum absolute atomic E-state index is 11.0. The summed E-state index contributed by atoms with van der Waals surface area (Å²) in [6.45, 7) is 4.03. The first kappa shape index (κ1) is 11.9. The molecule has 92 valence electrons. The summed E-state index contributed by atoms with van der Waals surface area (Å²) in [5.74, 6) is 0.0282. The van der Waals surface area contributed by atoms with Gasteiger partial charge in [0.2, 0.25) is 0 Å². The van der Waals surface area contributed by atoms with Crippen molar-refractivity contribution in [2.24, 2.45) is 0 Å². The Balaban J connectivity index is 2.26. The molecule has 1 aliphatic rings. The van der Waals surface area contributed by atoms with Gasteiger partial charge in [0, 0.05) is 11.7 Å². The number of carboxylic acids is 1. The van der Waals surface area contributed by atoms with Gasteiger partial charge < -0.3 is 10.4 Å². The van der Waals surface area contributed by atoms with Gasteiger partial charge in [-0.2, -0.15) is 0 Å². The van der Waals surface area contributed by atoms with E-state index in [0.29, 0.717) is 17.4 Å². The van der Waals surface area contributed by atoms with Crippen LogP contribution in [0.15, 0.2) is 12.1 Å². The number of anilines is 1. The first-order valence-corrected chi connectivity index (χ1v) is 6.08. The molecule has 1 saturated carbocycles. The Labute approximate surface area is 101 Å². The Bertz CT molecular complexity index is 425. The van der Waals surface area contributed by atoms with E-state index in [1.165, 1.54) is 6.42 Å². The van der Waals surface area contributed by atoms with Gasteiger partial charge in [-0.05, 0) is 37.3 Å². The number of nitrogens with zero attached hydrogens (tertiary/aromatic N) is 1. The minimum absolute atomic E-state index is 0.233. The fourth-order valence-corrected chi connectivity index (χ4v) is 1.81. The second kappa shape index (κ2) is 4.73. The third kappa shape index (κ3) is 2.75. The maximum atomic E-state index is 11.0. The van der Waals surface area contributed by atoms with E-state index in [-0.39, 0.29) is 5.92 Å². The van der Waals surface area contributed by atoms with Gasteiger partial charge >= 0.3 is 5.97 Å². The van der Waals surface area contributed by atoms with Crippen LogP contribution in [0.2, 0.25) is 0 Å². The highest BCUT2D eigenvalue weighted by Gasteiger charge is 2.18. The lowest BCUT2D eigenvalue weighted by molar-refractivity contribution is 0.0696. The molecule has 1 aromatic heterocycles. The Morgan fingerprint density at radius 2 is 2.18 bits per heavy atom. The lowest BCUT2D eigenvalue weighted by atomic mass is 9.93. The highest BCUT2D eigenvalue weighted by molar-refractivity contribution is 5.88. The molecule has 2 N–H and O–H groups in total. The van der Waals surface area contributed by atoms with Crippen molar-refractivity contribution in [2.45, 2.75) is 45.1 Å². The summed E-state index contributed by atoms with van der Waals surface area (Å²) in [6, 6.07) is 3.73. The van der Waals surface area contributed by atoms with Crippen LogP contribution in [0.25, 0.3) is 0 Å². The van der Waals surface area contributed by atoms with E-state index in [2.05, 4.69) is 10.3 Å². The van der Waals surface area contributed by atoms with Gasteiger partial charge in [0.1, 0.15) is 5.82 Å². The zero-order chi connectivity index (χ0) is 12.4. The van der Waals surface area contributed by atoms with Crippen LogP contribution in [0.4, 0.5) is 5.82 Å². The average molecular weight is 234 g/mol. The van der Waals surface area contributed by atoms with Crippen LogP contribution in [-0.4, -0.2) is 22.1 Å². The molecule has 0 amide bonds. The first-order chi connectivity index (χ1) is 8.06. The van der Waals surface area contributed by atoms with Crippen LogP contribution in [0, 0.1) is 0 Å². The van der Waals surface area contributed by atoms with Gasteiger partial charge in [-0.1, -0.05) is 13.8 Å². The molecule has 0 spiro atoms. The van der Waals surface area contributed by atoms with Gasteiger partial charge in [0.15, 0.2) is 0 Å². The van der Waals surface area contributed by atoms with Crippen LogP contribution in [0.3, 0.4) is 0 Å². The van der Waals surface area contributed by atoms with E-state index in [9.17, 15) is 4.79 Å². The third-order valence-corrected chi connectivity index (χ3v) is 3.14. The molecule has 0 radical (unpaired) electrons.